The Hall–Kier alpha value is -1.07. The Morgan fingerprint density at radius 2 is 1.62 bits per heavy atom. The molecule has 0 atom stereocenters. The van der Waals surface area contributed by atoms with Crippen LogP contribution in [0.5, 0.6) is 5.75 Å². The van der Waals surface area contributed by atoms with Gasteiger partial charge >= 0.3 is 5.97 Å². The number of hydrogen-bond acceptors (Lipinski definition) is 3. The van der Waals surface area contributed by atoms with Crippen molar-refractivity contribution in [3.05, 3.63) is 29.8 Å². The second kappa shape index (κ2) is 11.6. The predicted molar refractivity (Wildman–Crippen MR) is 86.6 cm³/mol. The Labute approximate surface area is 134 Å². The number of aromatic carboxylic acids is 1. The lowest BCUT2D eigenvalue weighted by Gasteiger charge is -2.07. The average molecular weight is 359 g/mol. The first-order valence-electron chi connectivity index (χ1n) is 7.34. The average Bonchev–Trinajstić information content (AvgIpc) is 2.49. The van der Waals surface area contributed by atoms with E-state index in [0.29, 0.717) is 19.0 Å². The summed E-state index contributed by atoms with van der Waals surface area (Å²) in [6.07, 6.45) is 5.66. The Bertz CT molecular complexity index is 392. The van der Waals surface area contributed by atoms with Gasteiger partial charge in [0.25, 0.3) is 0 Å². The molecule has 5 heteroatoms. The van der Waals surface area contributed by atoms with Crippen molar-refractivity contribution in [2.24, 2.45) is 0 Å². The van der Waals surface area contributed by atoms with Crippen molar-refractivity contribution in [3.8, 4) is 5.75 Å². The van der Waals surface area contributed by atoms with Gasteiger partial charge in [-0.2, -0.15) is 0 Å². The van der Waals surface area contributed by atoms with Crippen LogP contribution in [0.1, 0.15) is 42.5 Å². The summed E-state index contributed by atoms with van der Waals surface area (Å²) in [4.78, 5) is 10.7. The number of halogens is 1. The largest absolute Gasteiger partial charge is 0.494 e. The van der Waals surface area contributed by atoms with E-state index in [1.54, 1.807) is 24.3 Å². The molecule has 21 heavy (non-hydrogen) atoms. The fourth-order valence-corrected chi connectivity index (χ4v) is 2.20. The Morgan fingerprint density at radius 1 is 0.952 bits per heavy atom. The molecule has 0 aromatic heterocycles. The summed E-state index contributed by atoms with van der Waals surface area (Å²) in [5, 5.41) is 9.86. The number of benzene rings is 1. The van der Waals surface area contributed by atoms with E-state index in [1.807, 2.05) is 0 Å². The molecule has 0 spiro atoms. The second-order valence-electron chi connectivity index (χ2n) is 4.75. The number of hydrogen-bond donors (Lipinski definition) is 1. The van der Waals surface area contributed by atoms with E-state index >= 15 is 0 Å². The highest BCUT2D eigenvalue weighted by Gasteiger charge is 2.01. The lowest BCUT2D eigenvalue weighted by atomic mass is 10.2. The molecule has 0 bridgehead atoms. The van der Waals surface area contributed by atoms with Crippen molar-refractivity contribution >= 4 is 21.9 Å². The number of alkyl halides is 1. The Morgan fingerprint density at radius 3 is 2.29 bits per heavy atom. The van der Waals surface area contributed by atoms with E-state index in [0.717, 1.165) is 24.8 Å². The fraction of sp³-hybridized carbons (Fsp3) is 0.562. The van der Waals surface area contributed by atoms with Crippen molar-refractivity contribution < 1.29 is 19.4 Å². The highest BCUT2D eigenvalue weighted by Crippen LogP contribution is 2.12. The molecule has 1 aromatic rings. The molecule has 0 amide bonds. The summed E-state index contributed by atoms with van der Waals surface area (Å²) in [6, 6.07) is 6.44. The summed E-state index contributed by atoms with van der Waals surface area (Å²) in [6.45, 7) is 2.09. The number of ether oxygens (including phenoxy) is 2. The maximum atomic E-state index is 10.7. The normalized spacial score (nSPS) is 10.5. The first-order chi connectivity index (χ1) is 10.2. The molecule has 1 N–H and O–H groups in total. The van der Waals surface area contributed by atoms with Crippen LogP contribution in [0.3, 0.4) is 0 Å². The molecule has 0 fully saturated rings. The molecule has 0 radical (unpaired) electrons. The summed E-state index contributed by atoms with van der Waals surface area (Å²) in [7, 11) is 0. The highest BCUT2D eigenvalue weighted by molar-refractivity contribution is 9.09. The van der Waals surface area contributed by atoms with E-state index in [1.165, 1.54) is 19.3 Å². The minimum atomic E-state index is -0.925. The van der Waals surface area contributed by atoms with Gasteiger partial charge in [0.2, 0.25) is 0 Å². The summed E-state index contributed by atoms with van der Waals surface area (Å²) < 4.78 is 11.1. The Balaban J connectivity index is 1.98. The molecular formula is C16H23BrO4. The fourth-order valence-electron chi connectivity index (χ4n) is 1.80. The molecule has 1 aromatic carbocycles. The number of unbranched alkanes of at least 4 members (excludes halogenated alkanes) is 3. The van der Waals surface area contributed by atoms with Crippen LogP contribution in [0.2, 0.25) is 0 Å². The van der Waals surface area contributed by atoms with Crippen LogP contribution in [0, 0.1) is 0 Å². The van der Waals surface area contributed by atoms with Crippen LogP contribution in [-0.4, -0.2) is 36.2 Å². The first-order valence-corrected chi connectivity index (χ1v) is 8.46. The highest BCUT2D eigenvalue weighted by atomic mass is 79.9. The van der Waals surface area contributed by atoms with Crippen LogP contribution in [0.15, 0.2) is 24.3 Å². The third-order valence-electron chi connectivity index (χ3n) is 2.98. The van der Waals surface area contributed by atoms with Gasteiger partial charge in [0.05, 0.1) is 12.2 Å². The van der Waals surface area contributed by atoms with Gasteiger partial charge in [-0.3, -0.25) is 0 Å². The van der Waals surface area contributed by atoms with Gasteiger partial charge in [-0.15, -0.1) is 0 Å². The van der Waals surface area contributed by atoms with Crippen molar-refractivity contribution in [1.82, 2.24) is 0 Å². The van der Waals surface area contributed by atoms with Gasteiger partial charge in [-0.05, 0) is 37.1 Å². The quantitative estimate of drug-likeness (QED) is 0.450. The molecule has 0 saturated heterocycles. The second-order valence-corrected chi connectivity index (χ2v) is 5.54. The van der Waals surface area contributed by atoms with Crippen LogP contribution < -0.4 is 4.74 Å². The number of rotatable bonds is 12. The van der Waals surface area contributed by atoms with Crippen LogP contribution in [-0.2, 0) is 4.74 Å². The topological polar surface area (TPSA) is 55.8 Å². The van der Waals surface area contributed by atoms with Gasteiger partial charge in [0, 0.05) is 25.0 Å². The molecule has 0 heterocycles. The molecular weight excluding hydrogens is 336 g/mol. The van der Waals surface area contributed by atoms with E-state index in [-0.39, 0.29) is 5.56 Å². The zero-order valence-corrected chi connectivity index (χ0v) is 13.8. The molecule has 0 aliphatic rings. The lowest BCUT2D eigenvalue weighted by Crippen LogP contribution is -2.04. The van der Waals surface area contributed by atoms with Crippen LogP contribution >= 0.6 is 15.9 Å². The number of carboxylic acids is 1. The van der Waals surface area contributed by atoms with Gasteiger partial charge in [-0.25, -0.2) is 4.79 Å². The lowest BCUT2D eigenvalue weighted by molar-refractivity contribution is 0.0697. The van der Waals surface area contributed by atoms with Gasteiger partial charge < -0.3 is 14.6 Å². The predicted octanol–water partition coefficient (Wildman–Crippen LogP) is 4.13. The van der Waals surface area contributed by atoms with Gasteiger partial charge in [-0.1, -0.05) is 28.8 Å². The summed E-state index contributed by atoms with van der Waals surface area (Å²) >= 11 is 3.42. The van der Waals surface area contributed by atoms with Crippen molar-refractivity contribution in [3.63, 3.8) is 0 Å². The van der Waals surface area contributed by atoms with Crippen LogP contribution in [0.4, 0.5) is 0 Å². The number of carbonyl (C=O) groups is 1. The van der Waals surface area contributed by atoms with Crippen LogP contribution in [0.25, 0.3) is 0 Å². The smallest absolute Gasteiger partial charge is 0.335 e. The van der Waals surface area contributed by atoms with E-state index in [4.69, 9.17) is 14.6 Å². The minimum absolute atomic E-state index is 0.269. The molecule has 118 valence electrons. The minimum Gasteiger partial charge on any atom is -0.494 e. The monoisotopic (exact) mass is 358 g/mol. The van der Waals surface area contributed by atoms with Crippen molar-refractivity contribution in [2.75, 3.05) is 25.2 Å². The maximum absolute atomic E-state index is 10.7. The van der Waals surface area contributed by atoms with Gasteiger partial charge in [0.1, 0.15) is 5.75 Å². The van der Waals surface area contributed by atoms with Crippen molar-refractivity contribution in [2.45, 2.75) is 32.1 Å². The Kier molecular flexibility index (Phi) is 9.91. The van der Waals surface area contributed by atoms with E-state index < -0.39 is 5.97 Å². The standard InChI is InChI=1S/C16H23BrO4/c17-10-3-1-2-4-11-20-12-5-13-21-15-8-6-14(7-9-15)16(18)19/h6-9H,1-5,10-13H2,(H,18,19). The third-order valence-corrected chi connectivity index (χ3v) is 3.54. The summed E-state index contributed by atoms with van der Waals surface area (Å²) in [5.41, 5.74) is 0.269. The first kappa shape index (κ1) is 18.0. The molecule has 4 nitrogen and oxygen atoms in total. The maximum Gasteiger partial charge on any atom is 0.335 e. The van der Waals surface area contributed by atoms with E-state index in [2.05, 4.69) is 15.9 Å². The number of carboxylic acid groups (broad SMARTS) is 1. The van der Waals surface area contributed by atoms with E-state index in [9.17, 15) is 4.79 Å². The summed E-state index contributed by atoms with van der Waals surface area (Å²) in [5.74, 6) is -0.235. The van der Waals surface area contributed by atoms with Crippen molar-refractivity contribution in [1.29, 1.82) is 0 Å². The molecule has 0 aliphatic heterocycles. The molecule has 0 saturated carbocycles. The zero-order valence-electron chi connectivity index (χ0n) is 12.2. The zero-order chi connectivity index (χ0) is 15.3. The SMILES string of the molecule is O=C(O)c1ccc(OCCCOCCCCCCBr)cc1. The molecule has 0 unspecified atom stereocenters. The van der Waals surface area contributed by atoms with Gasteiger partial charge in [0.15, 0.2) is 0 Å². The third kappa shape index (κ3) is 8.73. The molecule has 1 rings (SSSR count). The molecule has 0 aliphatic carbocycles.